The van der Waals surface area contributed by atoms with Crippen molar-refractivity contribution in [3.8, 4) is 5.75 Å². The molecule has 1 aromatic rings. The maximum Gasteiger partial charge on any atom is 0.252 e. The van der Waals surface area contributed by atoms with E-state index in [1.807, 2.05) is 0 Å². The first-order valence-corrected chi connectivity index (χ1v) is 5.72. The van der Waals surface area contributed by atoms with Crippen LogP contribution in [0.15, 0.2) is 18.2 Å². The molecule has 98 valence electrons. The summed E-state index contributed by atoms with van der Waals surface area (Å²) in [6, 6.07) is 3.73. The van der Waals surface area contributed by atoms with E-state index in [-0.39, 0.29) is 17.6 Å². The molecule has 1 rings (SSSR count). The highest BCUT2D eigenvalue weighted by Crippen LogP contribution is 2.16. The number of amides is 2. The third-order valence-electron chi connectivity index (χ3n) is 2.71. The molecule has 0 saturated carbocycles. The van der Waals surface area contributed by atoms with Gasteiger partial charge in [-0.2, -0.15) is 0 Å². The molecular weight excluding hydrogens is 232 g/mol. The van der Waals surface area contributed by atoms with E-state index < -0.39 is 11.9 Å². The summed E-state index contributed by atoms with van der Waals surface area (Å²) in [7, 11) is 0. The van der Waals surface area contributed by atoms with Gasteiger partial charge in [0.15, 0.2) is 0 Å². The smallest absolute Gasteiger partial charge is 0.252 e. The van der Waals surface area contributed by atoms with E-state index in [1.165, 1.54) is 18.2 Å². The zero-order valence-corrected chi connectivity index (χ0v) is 10.7. The lowest BCUT2D eigenvalue weighted by molar-refractivity contribution is -0.120. The molecule has 5 heteroatoms. The van der Waals surface area contributed by atoms with Gasteiger partial charge in [-0.15, -0.1) is 0 Å². The quantitative estimate of drug-likeness (QED) is 0.742. The molecule has 0 spiro atoms. The van der Waals surface area contributed by atoms with Gasteiger partial charge < -0.3 is 16.2 Å². The molecule has 4 N–H and O–H groups in total. The van der Waals surface area contributed by atoms with Crippen LogP contribution in [-0.4, -0.2) is 23.0 Å². The number of phenolic OH excluding ortho intramolecular Hbond substituents is 1. The number of primary amides is 1. The van der Waals surface area contributed by atoms with Crippen molar-refractivity contribution in [2.75, 3.05) is 0 Å². The van der Waals surface area contributed by atoms with Crippen LogP contribution in [0.1, 0.15) is 29.8 Å². The topological polar surface area (TPSA) is 92.4 Å². The van der Waals surface area contributed by atoms with Crippen LogP contribution in [0.2, 0.25) is 0 Å². The highest BCUT2D eigenvalue weighted by Gasteiger charge is 2.22. The number of nitrogens with two attached hydrogens (primary N) is 1. The molecule has 1 aromatic carbocycles. The number of hydrogen-bond acceptors (Lipinski definition) is 3. The Labute approximate surface area is 106 Å². The summed E-state index contributed by atoms with van der Waals surface area (Å²) >= 11 is 0. The van der Waals surface area contributed by atoms with E-state index in [1.54, 1.807) is 20.8 Å². The Hall–Kier alpha value is -2.04. The Balaban J connectivity index is 2.91. The summed E-state index contributed by atoms with van der Waals surface area (Å²) < 4.78 is 0. The third-order valence-corrected chi connectivity index (χ3v) is 2.71. The second-order valence-electron chi connectivity index (χ2n) is 4.60. The minimum absolute atomic E-state index is 0.0797. The number of aryl methyl sites for hydroxylation is 1. The SMILES string of the molecule is Cc1cc(O)ccc1C(=O)NC(C(N)=O)C(C)C. The normalized spacial score (nSPS) is 12.2. The minimum atomic E-state index is -0.703. The molecule has 5 nitrogen and oxygen atoms in total. The van der Waals surface area contributed by atoms with E-state index in [9.17, 15) is 14.7 Å². The van der Waals surface area contributed by atoms with Crippen LogP contribution in [0.4, 0.5) is 0 Å². The summed E-state index contributed by atoms with van der Waals surface area (Å²) in [6.07, 6.45) is 0. The van der Waals surface area contributed by atoms with Crippen LogP contribution >= 0.6 is 0 Å². The molecule has 0 saturated heterocycles. The van der Waals surface area contributed by atoms with Gasteiger partial charge in [-0.3, -0.25) is 9.59 Å². The average Bonchev–Trinajstić information content (AvgIpc) is 2.24. The van der Waals surface area contributed by atoms with Crippen LogP contribution in [0, 0.1) is 12.8 Å². The number of hydrogen-bond donors (Lipinski definition) is 3. The van der Waals surface area contributed by atoms with Crippen LogP contribution in [0.3, 0.4) is 0 Å². The van der Waals surface area contributed by atoms with Crippen molar-refractivity contribution in [2.45, 2.75) is 26.8 Å². The largest absolute Gasteiger partial charge is 0.508 e. The summed E-state index contributed by atoms with van der Waals surface area (Å²) in [4.78, 5) is 23.2. The number of carbonyl (C=O) groups excluding carboxylic acids is 2. The van der Waals surface area contributed by atoms with Crippen molar-refractivity contribution in [3.63, 3.8) is 0 Å². The molecule has 2 amide bonds. The number of rotatable bonds is 4. The van der Waals surface area contributed by atoms with Gasteiger partial charge in [0.1, 0.15) is 11.8 Å². The van der Waals surface area contributed by atoms with Crippen LogP contribution in [0.5, 0.6) is 5.75 Å². The first-order valence-electron chi connectivity index (χ1n) is 5.72. The fraction of sp³-hybridized carbons (Fsp3) is 0.385. The molecule has 1 atom stereocenters. The highest BCUT2D eigenvalue weighted by atomic mass is 16.3. The zero-order chi connectivity index (χ0) is 13.9. The second kappa shape index (κ2) is 5.53. The van der Waals surface area contributed by atoms with Crippen molar-refractivity contribution >= 4 is 11.8 Å². The van der Waals surface area contributed by atoms with Gasteiger partial charge in [-0.25, -0.2) is 0 Å². The van der Waals surface area contributed by atoms with Crippen molar-refractivity contribution in [2.24, 2.45) is 11.7 Å². The fourth-order valence-corrected chi connectivity index (χ4v) is 1.69. The Kier molecular flexibility index (Phi) is 4.31. The molecule has 0 aliphatic heterocycles. The van der Waals surface area contributed by atoms with Crippen molar-refractivity contribution < 1.29 is 14.7 Å². The monoisotopic (exact) mass is 250 g/mol. The Morgan fingerprint density at radius 3 is 2.39 bits per heavy atom. The molecule has 0 aromatic heterocycles. The molecule has 0 radical (unpaired) electrons. The lowest BCUT2D eigenvalue weighted by atomic mass is 10.0. The van der Waals surface area contributed by atoms with Crippen LogP contribution in [0.25, 0.3) is 0 Å². The van der Waals surface area contributed by atoms with Crippen molar-refractivity contribution in [1.82, 2.24) is 5.32 Å². The molecule has 1 unspecified atom stereocenters. The number of aromatic hydroxyl groups is 1. The van der Waals surface area contributed by atoms with Gasteiger partial charge in [0.25, 0.3) is 5.91 Å². The lowest BCUT2D eigenvalue weighted by Crippen LogP contribution is -2.47. The van der Waals surface area contributed by atoms with Crippen LogP contribution < -0.4 is 11.1 Å². The Morgan fingerprint density at radius 2 is 1.94 bits per heavy atom. The van der Waals surface area contributed by atoms with Gasteiger partial charge in [-0.1, -0.05) is 13.8 Å². The molecule has 0 fully saturated rings. The zero-order valence-electron chi connectivity index (χ0n) is 10.7. The summed E-state index contributed by atoms with van der Waals surface area (Å²) in [5.41, 5.74) is 6.29. The number of nitrogens with one attached hydrogen (secondary N) is 1. The number of carbonyl (C=O) groups is 2. The van der Waals surface area contributed by atoms with Gasteiger partial charge in [0.2, 0.25) is 5.91 Å². The molecule has 18 heavy (non-hydrogen) atoms. The predicted molar refractivity (Wildman–Crippen MR) is 68.1 cm³/mol. The Bertz CT molecular complexity index is 469. The Morgan fingerprint density at radius 1 is 1.33 bits per heavy atom. The first kappa shape index (κ1) is 14.0. The standard InChI is InChI=1S/C13H18N2O3/c1-7(2)11(12(14)17)15-13(18)10-5-4-9(16)6-8(10)3/h4-7,11,16H,1-3H3,(H2,14,17)(H,15,18). The van der Waals surface area contributed by atoms with Gasteiger partial charge in [-0.05, 0) is 36.6 Å². The van der Waals surface area contributed by atoms with Crippen LogP contribution in [-0.2, 0) is 4.79 Å². The number of benzene rings is 1. The van der Waals surface area contributed by atoms with E-state index in [0.717, 1.165) is 0 Å². The molecule has 0 heterocycles. The van der Waals surface area contributed by atoms with E-state index >= 15 is 0 Å². The van der Waals surface area contributed by atoms with E-state index in [4.69, 9.17) is 5.73 Å². The van der Waals surface area contributed by atoms with E-state index in [2.05, 4.69) is 5.32 Å². The van der Waals surface area contributed by atoms with Crippen molar-refractivity contribution in [1.29, 1.82) is 0 Å². The number of phenols is 1. The maximum atomic E-state index is 12.0. The summed E-state index contributed by atoms with van der Waals surface area (Å²) in [5.74, 6) is -0.914. The molecular formula is C13H18N2O3. The summed E-state index contributed by atoms with van der Waals surface area (Å²) in [6.45, 7) is 5.32. The molecule has 0 bridgehead atoms. The molecule has 0 aliphatic carbocycles. The van der Waals surface area contributed by atoms with Gasteiger partial charge >= 0.3 is 0 Å². The lowest BCUT2D eigenvalue weighted by Gasteiger charge is -2.19. The van der Waals surface area contributed by atoms with Gasteiger partial charge in [0, 0.05) is 5.56 Å². The van der Waals surface area contributed by atoms with Gasteiger partial charge in [0.05, 0.1) is 0 Å². The molecule has 0 aliphatic rings. The average molecular weight is 250 g/mol. The fourth-order valence-electron chi connectivity index (χ4n) is 1.69. The summed E-state index contributed by atoms with van der Waals surface area (Å²) in [5, 5.41) is 11.9. The third kappa shape index (κ3) is 3.23. The van der Waals surface area contributed by atoms with Crippen molar-refractivity contribution in [3.05, 3.63) is 29.3 Å². The highest BCUT2D eigenvalue weighted by molar-refractivity contribution is 5.98. The second-order valence-corrected chi connectivity index (χ2v) is 4.60. The minimum Gasteiger partial charge on any atom is -0.508 e. The first-order chi connectivity index (χ1) is 8.32. The maximum absolute atomic E-state index is 12.0. The van der Waals surface area contributed by atoms with E-state index in [0.29, 0.717) is 11.1 Å². The predicted octanol–water partition coefficient (Wildman–Crippen LogP) is 0.940.